The SMILES string of the molecule is Cc1csc(C(=O)NCc2ccc([C@H](O)c3cccs3)s2)c1. The minimum atomic E-state index is -0.575. The van der Waals surface area contributed by atoms with Crippen LogP contribution in [0.1, 0.15) is 36.0 Å². The summed E-state index contributed by atoms with van der Waals surface area (Å²) in [5.41, 5.74) is 1.10. The summed E-state index contributed by atoms with van der Waals surface area (Å²) in [6.07, 6.45) is -0.575. The Balaban J connectivity index is 1.61. The lowest BCUT2D eigenvalue weighted by Crippen LogP contribution is -2.21. The van der Waals surface area contributed by atoms with E-state index in [1.165, 1.54) is 22.7 Å². The number of aryl methyl sites for hydroxylation is 1. The first-order valence-corrected chi connectivity index (χ1v) is 9.34. The lowest BCUT2D eigenvalue weighted by molar-refractivity contribution is 0.0955. The Labute approximate surface area is 140 Å². The number of hydrogen-bond donors (Lipinski definition) is 2. The molecule has 0 aliphatic heterocycles. The second kappa shape index (κ2) is 6.75. The Hall–Kier alpha value is -1.47. The average Bonchev–Trinajstić information content (AvgIpc) is 3.25. The molecule has 1 atom stereocenters. The third kappa shape index (κ3) is 3.47. The van der Waals surface area contributed by atoms with Gasteiger partial charge in [-0.15, -0.1) is 34.0 Å². The second-order valence-corrected chi connectivity index (χ2v) is 7.98. The Bertz CT molecular complexity index is 758. The first-order valence-electron chi connectivity index (χ1n) is 6.77. The molecule has 0 saturated heterocycles. The van der Waals surface area contributed by atoms with Crippen LogP contribution in [0.25, 0.3) is 0 Å². The average molecular weight is 350 g/mol. The zero-order valence-electron chi connectivity index (χ0n) is 11.9. The van der Waals surface area contributed by atoms with E-state index in [0.717, 1.165) is 25.1 Å². The van der Waals surface area contributed by atoms with Gasteiger partial charge in [0.25, 0.3) is 5.91 Å². The summed E-state index contributed by atoms with van der Waals surface area (Å²) in [5, 5.41) is 17.1. The number of nitrogens with one attached hydrogen (secondary N) is 1. The number of aliphatic hydroxyl groups is 1. The molecule has 0 fully saturated rings. The third-order valence-electron chi connectivity index (χ3n) is 3.14. The van der Waals surface area contributed by atoms with Gasteiger partial charge >= 0.3 is 0 Å². The van der Waals surface area contributed by atoms with Gasteiger partial charge in [-0.25, -0.2) is 0 Å². The molecule has 0 spiro atoms. The highest BCUT2D eigenvalue weighted by Gasteiger charge is 2.14. The molecule has 22 heavy (non-hydrogen) atoms. The van der Waals surface area contributed by atoms with Gasteiger partial charge in [-0.1, -0.05) is 6.07 Å². The largest absolute Gasteiger partial charge is 0.382 e. The van der Waals surface area contributed by atoms with Crippen molar-refractivity contribution in [3.8, 4) is 0 Å². The zero-order chi connectivity index (χ0) is 15.5. The van der Waals surface area contributed by atoms with Gasteiger partial charge in [-0.2, -0.15) is 0 Å². The van der Waals surface area contributed by atoms with Crippen molar-refractivity contribution in [1.82, 2.24) is 5.32 Å². The van der Waals surface area contributed by atoms with Crippen LogP contribution in [-0.2, 0) is 6.54 Å². The van der Waals surface area contributed by atoms with Gasteiger partial charge in [-0.05, 0) is 47.5 Å². The fourth-order valence-electron chi connectivity index (χ4n) is 2.03. The highest BCUT2D eigenvalue weighted by atomic mass is 32.1. The van der Waals surface area contributed by atoms with Gasteiger partial charge in [-0.3, -0.25) is 4.79 Å². The molecule has 0 saturated carbocycles. The molecule has 0 radical (unpaired) electrons. The number of aliphatic hydroxyl groups excluding tert-OH is 1. The first-order chi connectivity index (χ1) is 10.6. The zero-order valence-corrected chi connectivity index (χ0v) is 14.4. The highest BCUT2D eigenvalue weighted by molar-refractivity contribution is 7.13. The van der Waals surface area contributed by atoms with Crippen molar-refractivity contribution < 1.29 is 9.90 Å². The molecule has 3 nitrogen and oxygen atoms in total. The molecule has 114 valence electrons. The molecule has 0 bridgehead atoms. The molecule has 0 aliphatic rings. The van der Waals surface area contributed by atoms with Crippen LogP contribution in [0.5, 0.6) is 0 Å². The van der Waals surface area contributed by atoms with Gasteiger partial charge in [0.1, 0.15) is 6.10 Å². The van der Waals surface area contributed by atoms with E-state index in [1.54, 1.807) is 11.3 Å². The van der Waals surface area contributed by atoms with Crippen LogP contribution in [-0.4, -0.2) is 11.0 Å². The van der Waals surface area contributed by atoms with Crippen LogP contribution < -0.4 is 5.32 Å². The van der Waals surface area contributed by atoms with E-state index in [1.807, 2.05) is 48.0 Å². The van der Waals surface area contributed by atoms with Crippen molar-refractivity contribution in [1.29, 1.82) is 0 Å². The summed E-state index contributed by atoms with van der Waals surface area (Å²) in [5.74, 6) is -0.0492. The third-order valence-corrected chi connectivity index (χ3v) is 6.25. The van der Waals surface area contributed by atoms with Gasteiger partial charge < -0.3 is 10.4 Å². The smallest absolute Gasteiger partial charge is 0.261 e. The maximum Gasteiger partial charge on any atom is 0.261 e. The van der Waals surface area contributed by atoms with E-state index in [4.69, 9.17) is 0 Å². The first kappa shape index (κ1) is 15.4. The van der Waals surface area contributed by atoms with E-state index >= 15 is 0 Å². The molecule has 0 aliphatic carbocycles. The Morgan fingerprint density at radius 1 is 1.27 bits per heavy atom. The summed E-state index contributed by atoms with van der Waals surface area (Å²) in [4.78, 5) is 15.6. The molecule has 6 heteroatoms. The van der Waals surface area contributed by atoms with Crippen molar-refractivity contribution in [2.75, 3.05) is 0 Å². The van der Waals surface area contributed by atoms with Gasteiger partial charge in [0.05, 0.1) is 11.4 Å². The molecule has 1 amide bonds. The van der Waals surface area contributed by atoms with Crippen LogP contribution in [0.3, 0.4) is 0 Å². The van der Waals surface area contributed by atoms with E-state index < -0.39 is 6.10 Å². The molecule has 0 unspecified atom stereocenters. The highest BCUT2D eigenvalue weighted by Crippen LogP contribution is 2.30. The van der Waals surface area contributed by atoms with E-state index in [2.05, 4.69) is 5.32 Å². The standard InChI is InChI=1S/C16H15NO2S3/c1-10-7-14(21-9-10)16(19)17-8-11-4-5-13(22-11)15(18)12-3-2-6-20-12/h2-7,9,15,18H,8H2,1H3,(H,17,19)/t15-/m1/s1. The van der Waals surface area contributed by atoms with Crippen molar-refractivity contribution >= 4 is 39.9 Å². The predicted octanol–water partition coefficient (Wildman–Crippen LogP) is 4.19. The van der Waals surface area contributed by atoms with Gasteiger partial charge in [0.2, 0.25) is 0 Å². The predicted molar refractivity (Wildman–Crippen MR) is 92.9 cm³/mol. The molecule has 3 aromatic heterocycles. The molecular weight excluding hydrogens is 334 g/mol. The van der Waals surface area contributed by atoms with Crippen LogP contribution >= 0.6 is 34.0 Å². The topological polar surface area (TPSA) is 49.3 Å². The minimum absolute atomic E-state index is 0.0492. The minimum Gasteiger partial charge on any atom is -0.382 e. The second-order valence-electron chi connectivity index (χ2n) is 4.89. The summed E-state index contributed by atoms with van der Waals surface area (Å²) in [6, 6.07) is 9.62. The number of carbonyl (C=O) groups is 1. The Morgan fingerprint density at radius 2 is 2.14 bits per heavy atom. The van der Waals surface area contributed by atoms with Gasteiger partial charge in [0.15, 0.2) is 0 Å². The molecule has 3 aromatic rings. The lowest BCUT2D eigenvalue weighted by atomic mass is 10.2. The Kier molecular flexibility index (Phi) is 4.73. The Morgan fingerprint density at radius 3 is 2.82 bits per heavy atom. The maximum atomic E-state index is 12.0. The number of hydrogen-bond acceptors (Lipinski definition) is 5. The summed E-state index contributed by atoms with van der Waals surface area (Å²) in [7, 11) is 0. The van der Waals surface area contributed by atoms with E-state index in [9.17, 15) is 9.90 Å². The summed E-state index contributed by atoms with van der Waals surface area (Å²) in [6.45, 7) is 2.46. The fourth-order valence-corrected chi connectivity index (χ4v) is 4.60. The molecule has 0 aromatic carbocycles. The van der Waals surface area contributed by atoms with Crippen molar-refractivity contribution in [3.05, 3.63) is 66.2 Å². The van der Waals surface area contributed by atoms with Crippen LogP contribution in [0.15, 0.2) is 41.1 Å². The van der Waals surface area contributed by atoms with Gasteiger partial charge in [0, 0.05) is 14.6 Å². The molecule has 3 heterocycles. The number of rotatable bonds is 5. The van der Waals surface area contributed by atoms with E-state index in [-0.39, 0.29) is 5.91 Å². The summed E-state index contributed by atoms with van der Waals surface area (Å²) < 4.78 is 0. The fraction of sp³-hybridized carbons (Fsp3) is 0.188. The number of thiophene rings is 3. The van der Waals surface area contributed by atoms with Crippen LogP contribution in [0.2, 0.25) is 0 Å². The lowest BCUT2D eigenvalue weighted by Gasteiger charge is -2.05. The van der Waals surface area contributed by atoms with Crippen molar-refractivity contribution in [3.63, 3.8) is 0 Å². The monoisotopic (exact) mass is 349 g/mol. The molecule has 2 N–H and O–H groups in total. The maximum absolute atomic E-state index is 12.0. The quantitative estimate of drug-likeness (QED) is 0.725. The van der Waals surface area contributed by atoms with Crippen molar-refractivity contribution in [2.24, 2.45) is 0 Å². The van der Waals surface area contributed by atoms with Crippen LogP contribution in [0, 0.1) is 6.92 Å². The van der Waals surface area contributed by atoms with E-state index in [0.29, 0.717) is 6.54 Å². The van der Waals surface area contributed by atoms with Crippen LogP contribution in [0.4, 0.5) is 0 Å². The number of amides is 1. The van der Waals surface area contributed by atoms with Crippen molar-refractivity contribution in [2.45, 2.75) is 19.6 Å². The molecular formula is C16H15NO2S3. The molecule has 3 rings (SSSR count). The summed E-state index contributed by atoms with van der Waals surface area (Å²) >= 11 is 4.52. The number of carbonyl (C=O) groups excluding carboxylic acids is 1. The normalized spacial score (nSPS) is 12.3.